The maximum atomic E-state index is 12.7. The van der Waals surface area contributed by atoms with Crippen LogP contribution < -0.4 is 15.4 Å². The molecule has 2 aromatic rings. The van der Waals surface area contributed by atoms with Crippen molar-refractivity contribution in [1.82, 2.24) is 10.3 Å². The molecule has 0 aliphatic carbocycles. The average Bonchev–Trinajstić information content (AvgIpc) is 3.17. The largest absolute Gasteiger partial charge is 0.494 e. The second-order valence-electron chi connectivity index (χ2n) is 8.17. The standard InChI is InChI=1S/C21H27Cl2N3O5/c1-11(7-12(2)25-20(28)31-21(3,4)5)19(27)26-17-14(22)8-13(15-9-24-10-30-15)18(29-6)16(17)23/h8-12H,7H2,1-6H3,(H,25,28)(H,26,27). The quantitative estimate of drug-likeness (QED) is 0.549. The summed E-state index contributed by atoms with van der Waals surface area (Å²) in [5.41, 5.74) is 0.140. The molecule has 2 amide bonds. The number of rotatable bonds is 7. The SMILES string of the molecule is COc1c(-c2cnco2)cc(Cl)c(NC(=O)C(C)CC(C)NC(=O)OC(C)(C)C)c1Cl. The molecule has 0 fully saturated rings. The number of alkyl carbamates (subject to hydrolysis) is 1. The third-order valence-corrected chi connectivity index (χ3v) is 4.90. The Morgan fingerprint density at radius 2 is 1.94 bits per heavy atom. The molecule has 1 aromatic carbocycles. The van der Waals surface area contributed by atoms with Crippen LogP contribution in [0.25, 0.3) is 11.3 Å². The molecular weight excluding hydrogens is 445 g/mol. The van der Waals surface area contributed by atoms with Crippen LogP contribution in [0.5, 0.6) is 5.75 Å². The van der Waals surface area contributed by atoms with Crippen LogP contribution in [0.1, 0.15) is 41.0 Å². The van der Waals surface area contributed by atoms with Crippen LogP contribution in [-0.4, -0.2) is 35.7 Å². The number of hydrogen-bond acceptors (Lipinski definition) is 6. The number of nitrogens with one attached hydrogen (secondary N) is 2. The molecule has 0 spiro atoms. The molecule has 10 heteroatoms. The van der Waals surface area contributed by atoms with Gasteiger partial charge in [-0.05, 0) is 40.2 Å². The lowest BCUT2D eigenvalue weighted by atomic mass is 10.0. The van der Waals surface area contributed by atoms with E-state index in [0.717, 1.165) is 0 Å². The number of carbonyl (C=O) groups is 2. The monoisotopic (exact) mass is 471 g/mol. The molecule has 1 heterocycles. The summed E-state index contributed by atoms with van der Waals surface area (Å²) in [7, 11) is 1.45. The van der Waals surface area contributed by atoms with E-state index in [-0.39, 0.29) is 27.7 Å². The summed E-state index contributed by atoms with van der Waals surface area (Å²) < 4.78 is 15.9. The Morgan fingerprint density at radius 1 is 1.26 bits per heavy atom. The van der Waals surface area contributed by atoms with E-state index in [1.165, 1.54) is 19.7 Å². The van der Waals surface area contributed by atoms with E-state index in [4.69, 9.17) is 37.1 Å². The van der Waals surface area contributed by atoms with Gasteiger partial charge in [-0.2, -0.15) is 0 Å². The molecule has 2 rings (SSSR count). The van der Waals surface area contributed by atoms with Crippen LogP contribution >= 0.6 is 23.2 Å². The number of halogens is 2. The smallest absolute Gasteiger partial charge is 0.407 e. The summed E-state index contributed by atoms with van der Waals surface area (Å²) in [6.07, 6.45) is 2.63. The number of hydrogen-bond donors (Lipinski definition) is 2. The molecule has 8 nitrogen and oxygen atoms in total. The number of aromatic nitrogens is 1. The van der Waals surface area contributed by atoms with Gasteiger partial charge in [-0.25, -0.2) is 9.78 Å². The van der Waals surface area contributed by atoms with Crippen molar-refractivity contribution < 1.29 is 23.5 Å². The minimum atomic E-state index is -0.600. The Kier molecular flexibility index (Phi) is 8.20. The first-order valence-electron chi connectivity index (χ1n) is 9.68. The fourth-order valence-electron chi connectivity index (χ4n) is 2.90. The summed E-state index contributed by atoms with van der Waals surface area (Å²) in [5, 5.41) is 5.83. The van der Waals surface area contributed by atoms with E-state index in [0.29, 0.717) is 23.5 Å². The molecule has 2 unspecified atom stereocenters. The van der Waals surface area contributed by atoms with Gasteiger partial charge in [0.2, 0.25) is 5.91 Å². The van der Waals surface area contributed by atoms with Gasteiger partial charge in [0.15, 0.2) is 17.9 Å². The van der Waals surface area contributed by atoms with Crippen molar-refractivity contribution >= 4 is 40.9 Å². The summed E-state index contributed by atoms with van der Waals surface area (Å²) in [5.74, 6) is -0.0345. The van der Waals surface area contributed by atoms with Crippen LogP contribution in [0.15, 0.2) is 23.1 Å². The first-order chi connectivity index (χ1) is 14.4. The zero-order valence-corrected chi connectivity index (χ0v) is 19.9. The molecule has 0 aliphatic heterocycles. The van der Waals surface area contributed by atoms with Crippen molar-refractivity contribution in [2.24, 2.45) is 5.92 Å². The van der Waals surface area contributed by atoms with Crippen molar-refractivity contribution in [1.29, 1.82) is 0 Å². The summed E-state index contributed by atoms with van der Waals surface area (Å²) in [4.78, 5) is 28.5. The Hall–Kier alpha value is -2.45. The van der Waals surface area contributed by atoms with Crippen LogP contribution in [0.2, 0.25) is 10.0 Å². The van der Waals surface area contributed by atoms with Crippen molar-refractivity contribution in [3.63, 3.8) is 0 Å². The number of methoxy groups -OCH3 is 1. The van der Waals surface area contributed by atoms with Gasteiger partial charge in [0.25, 0.3) is 0 Å². The second kappa shape index (κ2) is 10.2. The van der Waals surface area contributed by atoms with Gasteiger partial charge < -0.3 is 24.5 Å². The first-order valence-corrected chi connectivity index (χ1v) is 10.4. The van der Waals surface area contributed by atoms with Crippen molar-refractivity contribution in [3.05, 3.63) is 28.7 Å². The molecule has 2 atom stereocenters. The van der Waals surface area contributed by atoms with E-state index in [2.05, 4.69) is 15.6 Å². The highest BCUT2D eigenvalue weighted by Crippen LogP contribution is 2.45. The normalized spacial score (nSPS) is 13.3. The molecule has 2 N–H and O–H groups in total. The molecular formula is C21H27Cl2N3O5. The van der Waals surface area contributed by atoms with Gasteiger partial charge in [-0.15, -0.1) is 0 Å². The first kappa shape index (κ1) is 24.8. The Bertz CT molecular complexity index is 926. The predicted octanol–water partition coefficient (Wildman–Crippen LogP) is 5.53. The van der Waals surface area contributed by atoms with Gasteiger partial charge in [-0.1, -0.05) is 30.1 Å². The van der Waals surface area contributed by atoms with Crippen molar-refractivity contribution in [2.45, 2.75) is 52.7 Å². The average molecular weight is 472 g/mol. The van der Waals surface area contributed by atoms with E-state index in [9.17, 15) is 9.59 Å². The minimum Gasteiger partial charge on any atom is -0.494 e. The lowest BCUT2D eigenvalue weighted by molar-refractivity contribution is -0.119. The zero-order valence-electron chi connectivity index (χ0n) is 18.3. The van der Waals surface area contributed by atoms with Crippen LogP contribution in [0.3, 0.4) is 0 Å². The second-order valence-corrected chi connectivity index (χ2v) is 8.95. The molecule has 0 saturated carbocycles. The number of carbonyl (C=O) groups excluding carboxylic acids is 2. The van der Waals surface area contributed by atoms with Gasteiger partial charge >= 0.3 is 6.09 Å². The predicted molar refractivity (Wildman–Crippen MR) is 120 cm³/mol. The van der Waals surface area contributed by atoms with E-state index in [1.54, 1.807) is 40.7 Å². The van der Waals surface area contributed by atoms with Gasteiger partial charge in [0.05, 0.1) is 29.6 Å². The lowest BCUT2D eigenvalue weighted by Gasteiger charge is -2.23. The number of nitrogens with zero attached hydrogens (tertiary/aromatic N) is 1. The molecule has 0 radical (unpaired) electrons. The molecule has 1 aromatic heterocycles. The number of oxazole rings is 1. The van der Waals surface area contributed by atoms with Gasteiger partial charge in [-0.3, -0.25) is 4.79 Å². The minimum absolute atomic E-state index is 0.141. The summed E-state index contributed by atoms with van der Waals surface area (Å²) >= 11 is 12.8. The Labute approximate surface area is 191 Å². The van der Waals surface area contributed by atoms with E-state index >= 15 is 0 Å². The fraction of sp³-hybridized carbons (Fsp3) is 0.476. The maximum Gasteiger partial charge on any atom is 0.407 e. The van der Waals surface area contributed by atoms with Crippen molar-refractivity contribution in [3.8, 4) is 17.1 Å². The lowest BCUT2D eigenvalue weighted by Crippen LogP contribution is -2.39. The van der Waals surface area contributed by atoms with E-state index in [1.807, 2.05) is 0 Å². The van der Waals surface area contributed by atoms with Crippen LogP contribution in [0.4, 0.5) is 10.5 Å². The number of benzene rings is 1. The Balaban J connectivity index is 2.10. The molecule has 170 valence electrons. The number of amides is 2. The molecule has 0 aliphatic rings. The fourth-order valence-corrected chi connectivity index (χ4v) is 3.53. The highest BCUT2D eigenvalue weighted by Gasteiger charge is 2.24. The maximum absolute atomic E-state index is 12.7. The Morgan fingerprint density at radius 3 is 2.48 bits per heavy atom. The highest BCUT2D eigenvalue weighted by atomic mass is 35.5. The van der Waals surface area contributed by atoms with Gasteiger partial charge in [0.1, 0.15) is 10.6 Å². The number of ether oxygens (including phenoxy) is 2. The van der Waals surface area contributed by atoms with Gasteiger partial charge in [0, 0.05) is 12.0 Å². The van der Waals surface area contributed by atoms with Crippen LogP contribution in [0, 0.1) is 5.92 Å². The third kappa shape index (κ3) is 6.77. The molecule has 0 saturated heterocycles. The third-order valence-electron chi connectivity index (χ3n) is 4.24. The zero-order chi connectivity index (χ0) is 23.3. The molecule has 0 bridgehead atoms. The van der Waals surface area contributed by atoms with Crippen LogP contribution in [-0.2, 0) is 9.53 Å². The van der Waals surface area contributed by atoms with E-state index < -0.39 is 17.6 Å². The summed E-state index contributed by atoms with van der Waals surface area (Å²) in [6.45, 7) is 8.88. The molecule has 31 heavy (non-hydrogen) atoms. The highest BCUT2D eigenvalue weighted by molar-refractivity contribution is 6.41. The topological polar surface area (TPSA) is 103 Å². The van der Waals surface area contributed by atoms with Crippen molar-refractivity contribution in [2.75, 3.05) is 12.4 Å². The summed E-state index contributed by atoms with van der Waals surface area (Å²) in [6, 6.07) is 1.30. The number of anilines is 1.